The quantitative estimate of drug-likeness (QED) is 0.113. The highest BCUT2D eigenvalue weighted by Crippen LogP contribution is 2.02. The van der Waals surface area contributed by atoms with Crippen LogP contribution in [0.1, 0.15) is 32.1 Å². The second-order valence-corrected chi connectivity index (χ2v) is 6.79. The van der Waals surface area contributed by atoms with Gasteiger partial charge in [-0.15, -0.1) is 0 Å². The second kappa shape index (κ2) is 15.5. The average molecular weight is 433 g/mol. The molecule has 174 valence electrons. The average Bonchev–Trinajstić information content (AvgIpc) is 2.69. The summed E-state index contributed by atoms with van der Waals surface area (Å²) >= 11 is 0. The number of amides is 3. The van der Waals surface area contributed by atoms with E-state index in [1.165, 1.54) is 0 Å². The molecule has 0 rings (SSSR count). The minimum absolute atomic E-state index is 0.0313. The van der Waals surface area contributed by atoms with Gasteiger partial charge in [0.15, 0.2) is 0 Å². The number of carboxylic acid groups (broad SMARTS) is 1. The lowest BCUT2D eigenvalue weighted by molar-refractivity contribution is -0.142. The topological polar surface area (TPSA) is 255 Å². The summed E-state index contributed by atoms with van der Waals surface area (Å²) in [6.45, 7) is 0.630. The Balaban J connectivity index is 5.23. The Bertz CT molecular complexity index is 562. The minimum atomic E-state index is -1.24. The Hall–Kier alpha value is -2.32. The molecule has 0 aliphatic rings. The van der Waals surface area contributed by atoms with Gasteiger partial charge in [0.1, 0.15) is 18.1 Å². The van der Waals surface area contributed by atoms with Crippen molar-refractivity contribution in [3.63, 3.8) is 0 Å². The maximum absolute atomic E-state index is 12.7. The van der Waals surface area contributed by atoms with Crippen LogP contribution >= 0.6 is 0 Å². The van der Waals surface area contributed by atoms with Gasteiger partial charge in [-0.05, 0) is 58.3 Å². The number of nitrogens with two attached hydrogens (primary N) is 5. The molecule has 30 heavy (non-hydrogen) atoms. The summed E-state index contributed by atoms with van der Waals surface area (Å²) in [6.07, 6.45) is 0.968. The van der Waals surface area contributed by atoms with E-state index in [9.17, 15) is 24.3 Å². The van der Waals surface area contributed by atoms with Gasteiger partial charge in [0.05, 0.1) is 6.04 Å². The van der Waals surface area contributed by atoms with E-state index in [-0.39, 0.29) is 51.9 Å². The molecule has 0 heterocycles. The Morgan fingerprint density at radius 2 is 1.07 bits per heavy atom. The smallest absolute Gasteiger partial charge is 0.326 e. The van der Waals surface area contributed by atoms with Crippen LogP contribution in [-0.4, -0.2) is 79.1 Å². The molecule has 0 spiro atoms. The molecule has 0 aliphatic heterocycles. The van der Waals surface area contributed by atoms with Crippen LogP contribution in [-0.2, 0) is 19.2 Å². The molecule has 0 bridgehead atoms. The van der Waals surface area contributed by atoms with Crippen LogP contribution in [0.5, 0.6) is 0 Å². The number of aliphatic carboxylic acids is 1. The van der Waals surface area contributed by atoms with E-state index in [0.29, 0.717) is 6.42 Å². The number of carboxylic acids is 1. The lowest BCUT2D eigenvalue weighted by Gasteiger charge is -2.25. The first-order valence-electron chi connectivity index (χ1n) is 9.91. The molecule has 0 aromatic rings. The predicted octanol–water partition coefficient (Wildman–Crippen LogP) is -4.36. The van der Waals surface area contributed by atoms with E-state index in [4.69, 9.17) is 28.7 Å². The van der Waals surface area contributed by atoms with Crippen molar-refractivity contribution in [2.75, 3.05) is 26.2 Å². The molecule has 13 heteroatoms. The van der Waals surface area contributed by atoms with Crippen molar-refractivity contribution >= 4 is 23.7 Å². The highest BCUT2D eigenvalue weighted by atomic mass is 16.4. The standard InChI is InChI=1S/C17H36N8O5/c18-6-1-2-11(15(27)25-13(5-9-21)17(29)30)24-16(28)12(4-8-20)23-14(26)10(22)3-7-19/h10-13H,1-9,18-22H2,(H,23,26)(H,24,28)(H,25,27)(H,29,30)/t10-,11-,12-,13-/m0/s1. The van der Waals surface area contributed by atoms with Crippen LogP contribution < -0.4 is 44.6 Å². The van der Waals surface area contributed by atoms with Gasteiger partial charge < -0.3 is 49.7 Å². The maximum Gasteiger partial charge on any atom is 0.326 e. The fourth-order valence-corrected chi connectivity index (χ4v) is 2.58. The SMILES string of the molecule is NCCC[C@H](NC(=O)[C@H](CCN)NC(=O)[C@@H](N)CCN)C(=O)N[C@@H](CCN)C(=O)O. The van der Waals surface area contributed by atoms with Crippen molar-refractivity contribution in [3.05, 3.63) is 0 Å². The lowest BCUT2D eigenvalue weighted by Crippen LogP contribution is -2.57. The van der Waals surface area contributed by atoms with Crippen molar-refractivity contribution in [2.24, 2.45) is 28.7 Å². The summed E-state index contributed by atoms with van der Waals surface area (Å²) in [4.78, 5) is 48.6. The molecule has 3 amide bonds. The fourth-order valence-electron chi connectivity index (χ4n) is 2.58. The van der Waals surface area contributed by atoms with E-state index in [1.807, 2.05) is 0 Å². The molecule has 0 radical (unpaired) electrons. The van der Waals surface area contributed by atoms with Gasteiger partial charge in [-0.2, -0.15) is 0 Å². The first-order chi connectivity index (χ1) is 14.2. The van der Waals surface area contributed by atoms with Crippen LogP contribution in [0.2, 0.25) is 0 Å². The van der Waals surface area contributed by atoms with E-state index in [0.717, 1.165) is 0 Å². The number of nitrogens with one attached hydrogen (secondary N) is 3. The van der Waals surface area contributed by atoms with Crippen LogP contribution in [0.3, 0.4) is 0 Å². The van der Waals surface area contributed by atoms with E-state index < -0.39 is 47.9 Å². The van der Waals surface area contributed by atoms with Gasteiger partial charge in [-0.1, -0.05) is 0 Å². The van der Waals surface area contributed by atoms with Crippen molar-refractivity contribution in [2.45, 2.75) is 56.3 Å². The molecule has 0 unspecified atom stereocenters. The number of rotatable bonds is 16. The first kappa shape index (κ1) is 27.7. The number of carbonyl (C=O) groups excluding carboxylic acids is 3. The Labute approximate surface area is 175 Å². The number of hydrogen-bond donors (Lipinski definition) is 9. The Kier molecular flexibility index (Phi) is 14.3. The molecule has 13 nitrogen and oxygen atoms in total. The summed E-state index contributed by atoms with van der Waals surface area (Å²) in [5, 5.41) is 16.6. The van der Waals surface area contributed by atoms with E-state index in [2.05, 4.69) is 16.0 Å². The van der Waals surface area contributed by atoms with Crippen molar-refractivity contribution in [3.8, 4) is 0 Å². The molecule has 14 N–H and O–H groups in total. The van der Waals surface area contributed by atoms with Crippen molar-refractivity contribution < 1.29 is 24.3 Å². The van der Waals surface area contributed by atoms with Crippen LogP contribution in [0, 0.1) is 0 Å². The predicted molar refractivity (Wildman–Crippen MR) is 111 cm³/mol. The number of hydrogen-bond acceptors (Lipinski definition) is 9. The third kappa shape index (κ3) is 10.5. The van der Waals surface area contributed by atoms with Crippen LogP contribution in [0.4, 0.5) is 0 Å². The monoisotopic (exact) mass is 432 g/mol. The first-order valence-corrected chi connectivity index (χ1v) is 9.91. The van der Waals surface area contributed by atoms with E-state index >= 15 is 0 Å². The molecular weight excluding hydrogens is 396 g/mol. The molecule has 0 aromatic carbocycles. The second-order valence-electron chi connectivity index (χ2n) is 6.79. The minimum Gasteiger partial charge on any atom is -0.480 e. The molecule has 0 aliphatic carbocycles. The van der Waals surface area contributed by atoms with Gasteiger partial charge in [-0.3, -0.25) is 14.4 Å². The van der Waals surface area contributed by atoms with Gasteiger partial charge >= 0.3 is 5.97 Å². The third-order valence-corrected chi connectivity index (χ3v) is 4.30. The largest absolute Gasteiger partial charge is 0.480 e. The third-order valence-electron chi connectivity index (χ3n) is 4.30. The Morgan fingerprint density at radius 1 is 0.633 bits per heavy atom. The normalized spacial score (nSPS) is 14.8. The molecule has 4 atom stereocenters. The highest BCUT2D eigenvalue weighted by molar-refractivity contribution is 5.94. The van der Waals surface area contributed by atoms with Gasteiger partial charge in [0, 0.05) is 0 Å². The highest BCUT2D eigenvalue weighted by Gasteiger charge is 2.29. The summed E-state index contributed by atoms with van der Waals surface area (Å²) in [6, 6.07) is -4.13. The summed E-state index contributed by atoms with van der Waals surface area (Å²) in [7, 11) is 0. The van der Waals surface area contributed by atoms with Gasteiger partial charge in [0.25, 0.3) is 0 Å². The molecule has 0 aromatic heterocycles. The molecule has 0 saturated carbocycles. The zero-order valence-corrected chi connectivity index (χ0v) is 17.1. The maximum atomic E-state index is 12.7. The number of carbonyl (C=O) groups is 4. The molecule has 0 saturated heterocycles. The zero-order valence-electron chi connectivity index (χ0n) is 17.1. The summed E-state index contributed by atoms with van der Waals surface area (Å²) in [5.41, 5.74) is 27.5. The molecule has 0 fully saturated rings. The van der Waals surface area contributed by atoms with Gasteiger partial charge in [0.2, 0.25) is 17.7 Å². The Morgan fingerprint density at radius 3 is 1.53 bits per heavy atom. The van der Waals surface area contributed by atoms with Crippen LogP contribution in [0.25, 0.3) is 0 Å². The van der Waals surface area contributed by atoms with E-state index in [1.54, 1.807) is 0 Å². The summed E-state index contributed by atoms with van der Waals surface area (Å²) < 4.78 is 0. The van der Waals surface area contributed by atoms with Crippen LogP contribution in [0.15, 0.2) is 0 Å². The van der Waals surface area contributed by atoms with Crippen molar-refractivity contribution in [1.29, 1.82) is 0 Å². The summed E-state index contributed by atoms with van der Waals surface area (Å²) in [5.74, 6) is -3.13. The lowest BCUT2D eigenvalue weighted by atomic mass is 10.1. The fraction of sp³-hybridized carbons (Fsp3) is 0.765. The molecular formula is C17H36N8O5. The zero-order chi connectivity index (χ0) is 23.1. The van der Waals surface area contributed by atoms with Gasteiger partial charge in [-0.25, -0.2) is 4.79 Å². The van der Waals surface area contributed by atoms with Crippen molar-refractivity contribution in [1.82, 2.24) is 16.0 Å².